The Balaban J connectivity index is 1.51. The van der Waals surface area contributed by atoms with Gasteiger partial charge in [0.25, 0.3) is 0 Å². The van der Waals surface area contributed by atoms with Crippen LogP contribution in [-0.4, -0.2) is 23.3 Å². The van der Waals surface area contributed by atoms with E-state index in [1.807, 2.05) is 19.9 Å². The Kier molecular flexibility index (Phi) is 6.74. The normalized spacial score (nSPS) is 11.3. The van der Waals surface area contributed by atoms with Gasteiger partial charge in [-0.2, -0.15) is 13.2 Å². The number of anilines is 1. The Morgan fingerprint density at radius 2 is 1.65 bits per heavy atom. The number of halogens is 3. The number of thiazole rings is 1. The van der Waals surface area contributed by atoms with Crippen LogP contribution >= 0.6 is 11.3 Å². The van der Waals surface area contributed by atoms with Crippen LogP contribution in [0.15, 0.2) is 47.8 Å². The smallest absolute Gasteiger partial charge is 0.347 e. The summed E-state index contributed by atoms with van der Waals surface area (Å²) in [4.78, 5) is 28.4. The standard InChI is InChI=1S/C22H20F3N3O2S/c1-13-9-14(2)11-18(10-13)27-20(30)19(29)26-8-7-17-12-31-21(28-17)15-3-5-16(6-4-15)22(23,24)25/h3-6,9-12H,7-8H2,1-2H3,(H,26,29)(H,27,30). The summed E-state index contributed by atoms with van der Waals surface area (Å²) in [5, 5.41) is 7.47. The van der Waals surface area contributed by atoms with Crippen molar-refractivity contribution in [1.29, 1.82) is 0 Å². The van der Waals surface area contributed by atoms with Crippen molar-refractivity contribution in [2.45, 2.75) is 26.4 Å². The first-order valence-corrected chi connectivity index (χ1v) is 10.3. The van der Waals surface area contributed by atoms with Crippen LogP contribution in [0.4, 0.5) is 18.9 Å². The lowest BCUT2D eigenvalue weighted by atomic mass is 10.1. The largest absolute Gasteiger partial charge is 0.416 e. The van der Waals surface area contributed by atoms with E-state index in [9.17, 15) is 22.8 Å². The number of benzene rings is 2. The molecule has 0 unspecified atom stereocenters. The molecule has 0 radical (unpaired) electrons. The molecule has 3 rings (SSSR count). The van der Waals surface area contributed by atoms with Crippen molar-refractivity contribution in [3.63, 3.8) is 0 Å². The fraction of sp³-hybridized carbons (Fsp3) is 0.227. The monoisotopic (exact) mass is 447 g/mol. The fourth-order valence-corrected chi connectivity index (χ4v) is 3.84. The first kappa shape index (κ1) is 22.5. The lowest BCUT2D eigenvalue weighted by molar-refractivity contribution is -0.137. The van der Waals surface area contributed by atoms with E-state index in [0.717, 1.165) is 23.3 Å². The van der Waals surface area contributed by atoms with Gasteiger partial charge < -0.3 is 10.6 Å². The number of carbonyl (C=O) groups is 2. The zero-order chi connectivity index (χ0) is 22.6. The molecule has 162 valence electrons. The van der Waals surface area contributed by atoms with Gasteiger partial charge in [-0.1, -0.05) is 18.2 Å². The maximum Gasteiger partial charge on any atom is 0.416 e. The second-order valence-electron chi connectivity index (χ2n) is 7.06. The summed E-state index contributed by atoms with van der Waals surface area (Å²) >= 11 is 1.30. The number of alkyl halides is 3. The molecule has 5 nitrogen and oxygen atoms in total. The van der Waals surface area contributed by atoms with E-state index < -0.39 is 23.6 Å². The highest BCUT2D eigenvalue weighted by molar-refractivity contribution is 7.13. The third-order valence-electron chi connectivity index (χ3n) is 4.36. The lowest BCUT2D eigenvalue weighted by Gasteiger charge is -2.08. The van der Waals surface area contributed by atoms with E-state index in [0.29, 0.717) is 28.4 Å². The number of amides is 2. The van der Waals surface area contributed by atoms with Crippen LogP contribution in [0.3, 0.4) is 0 Å². The lowest BCUT2D eigenvalue weighted by Crippen LogP contribution is -2.36. The molecule has 2 amide bonds. The number of hydrogen-bond acceptors (Lipinski definition) is 4. The first-order chi connectivity index (χ1) is 14.6. The molecule has 0 aliphatic heterocycles. The van der Waals surface area contributed by atoms with Crippen LogP contribution in [0.25, 0.3) is 10.6 Å². The van der Waals surface area contributed by atoms with Gasteiger partial charge in [-0.05, 0) is 49.2 Å². The Hall–Kier alpha value is -3.20. The molecule has 2 aromatic carbocycles. The van der Waals surface area contributed by atoms with Crippen molar-refractivity contribution in [2.24, 2.45) is 0 Å². The van der Waals surface area contributed by atoms with Crippen LogP contribution in [0.1, 0.15) is 22.4 Å². The van der Waals surface area contributed by atoms with Gasteiger partial charge in [0.2, 0.25) is 0 Å². The molecule has 0 saturated heterocycles. The molecule has 3 aromatic rings. The van der Waals surface area contributed by atoms with Crippen LogP contribution in [0.5, 0.6) is 0 Å². The Morgan fingerprint density at radius 3 is 2.26 bits per heavy atom. The molecule has 0 spiro atoms. The maximum absolute atomic E-state index is 12.7. The van der Waals surface area contributed by atoms with E-state index in [2.05, 4.69) is 15.6 Å². The zero-order valence-corrected chi connectivity index (χ0v) is 17.7. The third kappa shape index (κ3) is 6.14. The van der Waals surface area contributed by atoms with E-state index in [-0.39, 0.29) is 6.54 Å². The van der Waals surface area contributed by atoms with Gasteiger partial charge in [-0.25, -0.2) is 4.98 Å². The van der Waals surface area contributed by atoms with Gasteiger partial charge in [0.15, 0.2) is 0 Å². The first-order valence-electron chi connectivity index (χ1n) is 9.41. The quantitative estimate of drug-likeness (QED) is 0.555. The number of aryl methyl sites for hydroxylation is 2. The number of rotatable bonds is 5. The topological polar surface area (TPSA) is 71.1 Å². The van der Waals surface area contributed by atoms with Gasteiger partial charge in [0, 0.05) is 29.6 Å². The van der Waals surface area contributed by atoms with Crippen LogP contribution in [-0.2, 0) is 22.2 Å². The number of carbonyl (C=O) groups excluding carboxylic acids is 2. The van der Waals surface area contributed by atoms with Gasteiger partial charge in [-0.3, -0.25) is 9.59 Å². The Morgan fingerprint density at radius 1 is 1.00 bits per heavy atom. The average molecular weight is 447 g/mol. The zero-order valence-electron chi connectivity index (χ0n) is 16.8. The summed E-state index contributed by atoms with van der Waals surface area (Å²) in [6.07, 6.45) is -3.99. The van der Waals surface area contributed by atoms with Crippen molar-refractivity contribution in [1.82, 2.24) is 10.3 Å². The van der Waals surface area contributed by atoms with E-state index in [4.69, 9.17) is 0 Å². The Labute approximate surface area is 181 Å². The average Bonchev–Trinajstić information content (AvgIpc) is 3.15. The molecular weight excluding hydrogens is 427 g/mol. The second kappa shape index (κ2) is 9.30. The third-order valence-corrected chi connectivity index (χ3v) is 5.30. The van der Waals surface area contributed by atoms with Gasteiger partial charge >= 0.3 is 18.0 Å². The summed E-state index contributed by atoms with van der Waals surface area (Å²) in [6, 6.07) is 10.3. The molecule has 0 aliphatic rings. The molecule has 0 atom stereocenters. The fourth-order valence-electron chi connectivity index (χ4n) is 2.98. The molecule has 31 heavy (non-hydrogen) atoms. The summed E-state index contributed by atoms with van der Waals surface area (Å²) < 4.78 is 38.0. The number of nitrogens with zero attached hydrogens (tertiary/aromatic N) is 1. The minimum atomic E-state index is -4.38. The van der Waals surface area contributed by atoms with Crippen molar-refractivity contribution in [3.05, 3.63) is 70.2 Å². The molecule has 1 heterocycles. The number of nitrogens with one attached hydrogen (secondary N) is 2. The van der Waals surface area contributed by atoms with Crippen molar-refractivity contribution < 1.29 is 22.8 Å². The molecular formula is C22H20F3N3O2S. The second-order valence-corrected chi connectivity index (χ2v) is 7.91. The van der Waals surface area contributed by atoms with Gasteiger partial charge in [0.1, 0.15) is 5.01 Å². The van der Waals surface area contributed by atoms with E-state index in [1.165, 1.54) is 23.5 Å². The molecule has 1 aromatic heterocycles. The van der Waals surface area contributed by atoms with Crippen molar-refractivity contribution in [3.8, 4) is 10.6 Å². The van der Waals surface area contributed by atoms with Crippen LogP contribution in [0.2, 0.25) is 0 Å². The molecule has 0 bridgehead atoms. The van der Waals surface area contributed by atoms with Crippen LogP contribution in [0, 0.1) is 13.8 Å². The highest BCUT2D eigenvalue weighted by atomic mass is 32.1. The number of hydrogen-bond donors (Lipinski definition) is 2. The molecule has 0 saturated carbocycles. The predicted molar refractivity (Wildman–Crippen MR) is 114 cm³/mol. The maximum atomic E-state index is 12.7. The van der Waals surface area contributed by atoms with E-state index in [1.54, 1.807) is 17.5 Å². The molecule has 9 heteroatoms. The highest BCUT2D eigenvalue weighted by Gasteiger charge is 2.30. The highest BCUT2D eigenvalue weighted by Crippen LogP contribution is 2.31. The minimum Gasteiger partial charge on any atom is -0.347 e. The summed E-state index contributed by atoms with van der Waals surface area (Å²) in [6.45, 7) is 4.00. The van der Waals surface area contributed by atoms with Crippen LogP contribution < -0.4 is 10.6 Å². The SMILES string of the molecule is Cc1cc(C)cc(NC(=O)C(=O)NCCc2csc(-c3ccc(C(F)(F)F)cc3)n2)c1. The molecule has 0 aliphatic carbocycles. The Bertz CT molecular complexity index is 1070. The minimum absolute atomic E-state index is 0.204. The summed E-state index contributed by atoms with van der Waals surface area (Å²) in [5.41, 5.74) is 3.05. The molecule has 2 N–H and O–H groups in total. The van der Waals surface area contributed by atoms with Crippen molar-refractivity contribution in [2.75, 3.05) is 11.9 Å². The van der Waals surface area contributed by atoms with Gasteiger partial charge in [-0.15, -0.1) is 11.3 Å². The summed E-state index contributed by atoms with van der Waals surface area (Å²) in [5.74, 6) is -1.51. The van der Waals surface area contributed by atoms with Crippen molar-refractivity contribution >= 4 is 28.8 Å². The number of aromatic nitrogens is 1. The predicted octanol–water partition coefficient (Wildman–Crippen LogP) is 4.74. The van der Waals surface area contributed by atoms with E-state index >= 15 is 0 Å². The van der Waals surface area contributed by atoms with Gasteiger partial charge in [0.05, 0.1) is 11.3 Å². The summed E-state index contributed by atoms with van der Waals surface area (Å²) in [7, 11) is 0. The molecule has 0 fully saturated rings.